The molecule has 0 spiro atoms. The smallest absolute Gasteiger partial charge is 0.138 e. The molecule has 0 fully saturated rings. The third-order valence-electron chi connectivity index (χ3n) is 8.95. The summed E-state index contributed by atoms with van der Waals surface area (Å²) < 4.78 is 6.58. The lowest BCUT2D eigenvalue weighted by Gasteiger charge is -2.09. The maximum Gasteiger partial charge on any atom is 0.138 e. The van der Waals surface area contributed by atoms with Gasteiger partial charge in [0.1, 0.15) is 70.8 Å². The molecule has 0 aliphatic carbocycles. The Morgan fingerprint density at radius 2 is 0.500 bits per heavy atom. The molecule has 0 bridgehead atoms. The number of nitrogens with zero attached hydrogens (tertiary/aromatic N) is 8. The number of hydrogen-bond donors (Lipinski definition) is 0. The van der Waals surface area contributed by atoms with Gasteiger partial charge in [-0.25, -0.2) is 0 Å². The van der Waals surface area contributed by atoms with Gasteiger partial charge >= 0.3 is 0 Å². The number of fused-ring (bicyclic) bond motifs is 4. The zero-order valence-electron chi connectivity index (χ0n) is 31.0. The van der Waals surface area contributed by atoms with E-state index in [-0.39, 0.29) is 22.3 Å². The molecule has 292 valence electrons. The van der Waals surface area contributed by atoms with Crippen molar-refractivity contribution in [3.63, 3.8) is 0 Å². The maximum absolute atomic E-state index is 9.47. The summed E-state index contributed by atoms with van der Waals surface area (Å²) >= 11 is 15.9. The largest absolute Gasteiger partial charge is 0.192 e. The minimum absolute atomic E-state index is 0.00484. The number of thioether (sulfide) groups is 4. The summed E-state index contributed by atoms with van der Waals surface area (Å²) in [5.74, 6) is 0. The third kappa shape index (κ3) is 9.75. The monoisotopic (exact) mass is 1320 g/mol. The van der Waals surface area contributed by atoms with Crippen LogP contribution < -0.4 is 20.9 Å². The van der Waals surface area contributed by atoms with Crippen molar-refractivity contribution in [2.24, 2.45) is 0 Å². The third-order valence-corrected chi connectivity index (χ3v) is 16.4. The second-order valence-electron chi connectivity index (χ2n) is 12.2. The fraction of sp³-hybridized carbons (Fsp3) is 0. The van der Waals surface area contributed by atoms with Crippen LogP contribution in [0.25, 0.3) is 65.4 Å². The van der Waals surface area contributed by atoms with Gasteiger partial charge in [-0.3, -0.25) is 0 Å². The minimum Gasteiger partial charge on any atom is -0.192 e. The highest BCUT2D eigenvalue weighted by molar-refractivity contribution is 14.1. The van der Waals surface area contributed by atoms with Crippen molar-refractivity contribution in [3.8, 4) is 48.6 Å². The molecule has 0 saturated carbocycles. The van der Waals surface area contributed by atoms with E-state index in [4.69, 9.17) is 0 Å². The second-order valence-corrected chi connectivity index (χ2v) is 21.4. The molecule has 0 saturated heterocycles. The first-order valence-corrected chi connectivity index (χ1v) is 25.0. The van der Waals surface area contributed by atoms with E-state index in [0.29, 0.717) is 64.0 Å². The van der Waals surface area contributed by atoms with Crippen LogP contribution in [0, 0.1) is 105 Å². The fourth-order valence-electron chi connectivity index (χ4n) is 6.58. The fourth-order valence-corrected chi connectivity index (χ4v) is 12.6. The highest BCUT2D eigenvalue weighted by Crippen LogP contribution is 2.50. The van der Waals surface area contributed by atoms with Gasteiger partial charge in [0.05, 0.1) is 8.47 Å². The summed E-state index contributed by atoms with van der Waals surface area (Å²) in [6.45, 7) is 0. The SMILES string of the molecule is C1=CSC(=C2SC=CS2)S1.N#CC(C#N)=c1c2ccc(I)cc2c(=C(C#N)C#N)c2ccc(I)cc12.N#CC(C#N)=c1c2ccc(I)cc2c(=C(C#N)C#N)c2ccc(I)cc12. The predicted molar refractivity (Wildman–Crippen MR) is 286 cm³/mol. The molecule has 62 heavy (non-hydrogen) atoms. The van der Waals surface area contributed by atoms with Crippen molar-refractivity contribution in [3.05, 3.63) is 138 Å². The first-order chi connectivity index (χ1) is 30.1. The summed E-state index contributed by atoms with van der Waals surface area (Å²) in [4.78, 5) is 0. The molecule has 0 unspecified atom stereocenters. The van der Waals surface area contributed by atoms with Crippen LogP contribution in [0.15, 0.2) is 103 Å². The first-order valence-electron chi connectivity index (χ1n) is 17.2. The summed E-state index contributed by atoms with van der Waals surface area (Å²) in [5, 5.41) is 91.9. The Kier molecular flexibility index (Phi) is 16.3. The molecule has 0 amide bonds. The summed E-state index contributed by atoms with van der Waals surface area (Å²) in [6.07, 6.45) is 0. The number of hydrogen-bond acceptors (Lipinski definition) is 12. The van der Waals surface area contributed by atoms with Gasteiger partial charge in [0, 0.05) is 35.2 Å². The molecule has 0 aromatic heterocycles. The van der Waals surface area contributed by atoms with Gasteiger partial charge in [-0.15, -0.1) is 0 Å². The van der Waals surface area contributed by atoms with Crippen LogP contribution in [0.1, 0.15) is 0 Å². The predicted octanol–water partition coefficient (Wildman–Crippen LogP) is 11.2. The molecule has 6 aromatic rings. The van der Waals surface area contributed by atoms with E-state index in [1.54, 1.807) is 0 Å². The van der Waals surface area contributed by atoms with Crippen LogP contribution >= 0.6 is 137 Å². The average molecular weight is 1320 g/mol. The Hall–Kier alpha value is -4.70. The number of halogens is 4. The quantitative estimate of drug-likeness (QED) is 0.103. The van der Waals surface area contributed by atoms with E-state index in [1.807, 2.05) is 168 Å². The highest BCUT2D eigenvalue weighted by atomic mass is 127. The van der Waals surface area contributed by atoms with E-state index >= 15 is 0 Å². The van der Waals surface area contributed by atoms with Crippen LogP contribution in [0.2, 0.25) is 0 Å². The zero-order valence-corrected chi connectivity index (χ0v) is 42.9. The Labute approximate surface area is 426 Å². The van der Waals surface area contributed by atoms with Gasteiger partial charge < -0.3 is 0 Å². The zero-order chi connectivity index (χ0) is 44.5. The van der Waals surface area contributed by atoms with Crippen LogP contribution in [-0.2, 0) is 0 Å². The van der Waals surface area contributed by atoms with Crippen LogP contribution in [0.4, 0.5) is 0 Å². The summed E-state index contributed by atoms with van der Waals surface area (Å²) in [6, 6.07) is 38.1. The highest BCUT2D eigenvalue weighted by Gasteiger charge is 2.16. The number of rotatable bonds is 0. The molecule has 0 atom stereocenters. The van der Waals surface area contributed by atoms with E-state index in [9.17, 15) is 42.1 Å². The van der Waals surface area contributed by atoms with Gasteiger partial charge in [0.15, 0.2) is 0 Å². The topological polar surface area (TPSA) is 190 Å². The summed E-state index contributed by atoms with van der Waals surface area (Å²) in [7, 11) is 0. The molecule has 2 heterocycles. The van der Waals surface area contributed by atoms with Crippen LogP contribution in [0.5, 0.6) is 0 Å². The van der Waals surface area contributed by atoms with Crippen molar-refractivity contribution >= 4 is 203 Å². The van der Waals surface area contributed by atoms with Gasteiger partial charge in [-0.05, 0) is 204 Å². The number of nitriles is 8. The lowest BCUT2D eigenvalue weighted by Crippen LogP contribution is -2.18. The van der Waals surface area contributed by atoms with Gasteiger partial charge in [-0.2, -0.15) is 42.1 Å². The molecule has 8 rings (SSSR count). The molecule has 2 aliphatic heterocycles. The van der Waals surface area contributed by atoms with Gasteiger partial charge in [-0.1, -0.05) is 71.3 Å². The normalized spacial score (nSPS) is 11.9. The average Bonchev–Trinajstić information content (AvgIpc) is 4.03. The van der Waals surface area contributed by atoms with E-state index in [1.165, 1.54) is 8.47 Å². The Morgan fingerprint density at radius 3 is 0.677 bits per heavy atom. The van der Waals surface area contributed by atoms with E-state index < -0.39 is 0 Å². The van der Waals surface area contributed by atoms with Crippen molar-refractivity contribution in [2.75, 3.05) is 0 Å². The summed E-state index contributed by atoms with van der Waals surface area (Å²) in [5.41, 5.74) is 0.0193. The maximum atomic E-state index is 9.47. The number of benzene rings is 6. The first kappa shape index (κ1) is 46.8. The molecule has 0 radical (unpaired) electrons. The molecule has 6 aromatic carbocycles. The van der Waals surface area contributed by atoms with Crippen LogP contribution in [0.3, 0.4) is 0 Å². The molecule has 8 nitrogen and oxygen atoms in total. The van der Waals surface area contributed by atoms with E-state index in [0.717, 1.165) is 14.3 Å². The van der Waals surface area contributed by atoms with E-state index in [2.05, 4.69) is 112 Å². The molecular formula is C46H16I4N8S4. The van der Waals surface area contributed by atoms with Crippen molar-refractivity contribution < 1.29 is 0 Å². The minimum atomic E-state index is 0.00484. The Balaban J connectivity index is 0.000000169. The van der Waals surface area contributed by atoms with Crippen molar-refractivity contribution in [1.82, 2.24) is 0 Å². The second kappa shape index (κ2) is 21.6. The lowest BCUT2D eigenvalue weighted by molar-refractivity contribution is 1.49. The molecular weight excluding hydrogens is 1300 g/mol. The van der Waals surface area contributed by atoms with Crippen LogP contribution in [-0.4, -0.2) is 0 Å². The Morgan fingerprint density at radius 1 is 0.306 bits per heavy atom. The molecule has 0 N–H and O–H groups in total. The lowest BCUT2D eigenvalue weighted by atomic mass is 9.94. The van der Waals surface area contributed by atoms with Crippen molar-refractivity contribution in [1.29, 1.82) is 42.1 Å². The van der Waals surface area contributed by atoms with Gasteiger partial charge in [0.25, 0.3) is 0 Å². The molecule has 2 aliphatic rings. The Bertz CT molecular complexity index is 3150. The van der Waals surface area contributed by atoms with Crippen molar-refractivity contribution in [2.45, 2.75) is 0 Å². The standard InChI is InChI=1S/2C20H6I2N4.C6H4S4/c2*21-13-1-3-15-17(5-13)20(12(9-25)10-26)16-4-2-14(22)6-18(16)19(15)11(7-23)8-24;1-2-8-5(7-1)6-9-3-4-10-6/h2*1-6H;1-4H. The molecule has 16 heteroatoms. The van der Waals surface area contributed by atoms with Gasteiger partial charge in [0.2, 0.25) is 0 Å².